The molecule has 4 aromatic rings. The average molecular weight is 415 g/mol. The lowest BCUT2D eigenvalue weighted by Crippen LogP contribution is -2.40. The van der Waals surface area contributed by atoms with E-state index in [1.54, 1.807) is 6.33 Å². The Bertz CT molecular complexity index is 1170. The van der Waals surface area contributed by atoms with Gasteiger partial charge in [-0.25, -0.2) is 4.98 Å². The topological polar surface area (TPSA) is 63.2 Å². The number of fused-ring (bicyclic) bond motifs is 1. The second kappa shape index (κ2) is 8.78. The molecule has 0 radical (unpaired) electrons. The van der Waals surface area contributed by atoms with Gasteiger partial charge in [0.05, 0.1) is 36.5 Å². The van der Waals surface area contributed by atoms with Crippen molar-refractivity contribution in [3.05, 3.63) is 78.5 Å². The van der Waals surface area contributed by atoms with Crippen molar-refractivity contribution < 1.29 is 9.53 Å². The van der Waals surface area contributed by atoms with Gasteiger partial charge in [0, 0.05) is 37.6 Å². The molecular formula is C25H26N4O2. The highest BCUT2D eigenvalue weighted by atomic mass is 16.5. The number of amides is 1. The molecule has 158 valence electrons. The van der Waals surface area contributed by atoms with Gasteiger partial charge in [-0.15, -0.1) is 0 Å². The molecule has 3 heterocycles. The van der Waals surface area contributed by atoms with Gasteiger partial charge in [0.25, 0.3) is 5.91 Å². The van der Waals surface area contributed by atoms with Crippen molar-refractivity contribution in [1.82, 2.24) is 19.4 Å². The van der Waals surface area contributed by atoms with Crippen LogP contribution in [0.25, 0.3) is 22.0 Å². The van der Waals surface area contributed by atoms with Crippen molar-refractivity contribution in [3.63, 3.8) is 0 Å². The van der Waals surface area contributed by atoms with E-state index >= 15 is 0 Å². The van der Waals surface area contributed by atoms with Crippen LogP contribution in [0.15, 0.2) is 67.3 Å². The number of ether oxygens (including phenoxy) is 1. The van der Waals surface area contributed by atoms with Crippen LogP contribution in [0.5, 0.6) is 0 Å². The van der Waals surface area contributed by atoms with Gasteiger partial charge in [-0.3, -0.25) is 4.79 Å². The third-order valence-electron chi connectivity index (χ3n) is 5.92. The van der Waals surface area contributed by atoms with Crippen LogP contribution < -0.4 is 0 Å². The monoisotopic (exact) mass is 414 g/mol. The number of carbonyl (C=O) groups excluding carboxylic acids is 1. The highest BCUT2D eigenvalue weighted by molar-refractivity contribution is 6.05. The van der Waals surface area contributed by atoms with Gasteiger partial charge in [0.2, 0.25) is 0 Å². The molecule has 6 heteroatoms. The van der Waals surface area contributed by atoms with Crippen LogP contribution in [-0.2, 0) is 17.7 Å². The number of nitrogens with one attached hydrogen (secondary N) is 1. The highest BCUT2D eigenvalue weighted by Gasteiger charge is 2.24. The molecule has 1 fully saturated rings. The smallest absolute Gasteiger partial charge is 0.256 e. The number of carbonyl (C=O) groups is 1. The Labute approximate surface area is 181 Å². The normalized spacial score (nSPS) is 14.3. The van der Waals surface area contributed by atoms with Crippen LogP contribution in [0.2, 0.25) is 0 Å². The third kappa shape index (κ3) is 3.99. The Morgan fingerprint density at radius 3 is 2.74 bits per heavy atom. The Hall–Kier alpha value is -3.38. The standard InChI is InChI=1S/C25H26N4O2/c30-25(29-13-15-31-16-14-29)23-10-12-28(11-4-7-20-17-26-18-27-20)24(23)22-9-3-6-19-5-1-2-8-21(19)22/h1-3,5-6,8-10,12,17-18H,4,7,11,13-16H2,(H,26,27). The number of aromatic nitrogens is 3. The zero-order valence-electron chi connectivity index (χ0n) is 17.5. The van der Waals surface area contributed by atoms with Gasteiger partial charge in [-0.05, 0) is 29.7 Å². The van der Waals surface area contributed by atoms with E-state index in [-0.39, 0.29) is 5.91 Å². The molecular weight excluding hydrogens is 388 g/mol. The fraction of sp³-hybridized carbons (Fsp3) is 0.280. The maximum Gasteiger partial charge on any atom is 0.256 e. The first-order valence-corrected chi connectivity index (χ1v) is 10.8. The lowest BCUT2D eigenvalue weighted by atomic mass is 9.99. The van der Waals surface area contributed by atoms with E-state index in [0.717, 1.165) is 47.3 Å². The van der Waals surface area contributed by atoms with Gasteiger partial charge in [-0.1, -0.05) is 42.5 Å². The van der Waals surface area contributed by atoms with E-state index in [0.29, 0.717) is 26.3 Å². The van der Waals surface area contributed by atoms with Gasteiger partial charge in [-0.2, -0.15) is 0 Å². The van der Waals surface area contributed by atoms with Crippen LogP contribution in [0.3, 0.4) is 0 Å². The van der Waals surface area contributed by atoms with E-state index in [2.05, 4.69) is 63.2 Å². The Morgan fingerprint density at radius 1 is 1.06 bits per heavy atom. The van der Waals surface area contributed by atoms with E-state index in [9.17, 15) is 4.79 Å². The summed E-state index contributed by atoms with van der Waals surface area (Å²) in [6.07, 6.45) is 7.54. The number of hydrogen-bond donors (Lipinski definition) is 1. The summed E-state index contributed by atoms with van der Waals surface area (Å²) >= 11 is 0. The second-order valence-electron chi connectivity index (χ2n) is 7.87. The molecule has 0 bridgehead atoms. The van der Waals surface area contributed by atoms with Crippen molar-refractivity contribution in [2.24, 2.45) is 0 Å². The second-order valence-corrected chi connectivity index (χ2v) is 7.87. The largest absolute Gasteiger partial charge is 0.378 e. The van der Waals surface area contributed by atoms with Crippen molar-refractivity contribution >= 4 is 16.7 Å². The summed E-state index contributed by atoms with van der Waals surface area (Å²) < 4.78 is 7.67. The SMILES string of the molecule is O=C(c1ccn(CCCc2c[nH]cn2)c1-c1cccc2ccccc12)N1CCOCC1. The summed E-state index contributed by atoms with van der Waals surface area (Å²) in [5.41, 5.74) is 3.91. The summed E-state index contributed by atoms with van der Waals surface area (Å²) in [5.74, 6) is 0.0808. The quantitative estimate of drug-likeness (QED) is 0.516. The lowest BCUT2D eigenvalue weighted by Gasteiger charge is -2.27. The maximum absolute atomic E-state index is 13.4. The fourth-order valence-electron chi connectivity index (χ4n) is 4.36. The number of nitrogens with zero attached hydrogens (tertiary/aromatic N) is 3. The maximum atomic E-state index is 13.4. The summed E-state index contributed by atoms with van der Waals surface area (Å²) in [6.45, 7) is 3.29. The number of benzene rings is 2. The Kier molecular flexibility index (Phi) is 5.54. The van der Waals surface area contributed by atoms with Gasteiger partial charge in [0.15, 0.2) is 0 Å². The van der Waals surface area contributed by atoms with Crippen LogP contribution in [0.4, 0.5) is 0 Å². The summed E-state index contributed by atoms with van der Waals surface area (Å²) in [4.78, 5) is 22.7. The number of aromatic amines is 1. The summed E-state index contributed by atoms with van der Waals surface area (Å²) in [7, 11) is 0. The Balaban J connectivity index is 1.53. The zero-order chi connectivity index (χ0) is 21.0. The first kappa shape index (κ1) is 19.6. The minimum atomic E-state index is 0.0808. The molecule has 31 heavy (non-hydrogen) atoms. The molecule has 5 rings (SSSR count). The lowest BCUT2D eigenvalue weighted by molar-refractivity contribution is 0.0303. The number of imidazole rings is 1. The van der Waals surface area contributed by atoms with E-state index in [1.165, 1.54) is 5.39 Å². The van der Waals surface area contributed by atoms with E-state index < -0.39 is 0 Å². The van der Waals surface area contributed by atoms with Gasteiger partial charge in [0.1, 0.15) is 0 Å². The average Bonchev–Trinajstić information content (AvgIpc) is 3.49. The predicted molar refractivity (Wildman–Crippen MR) is 121 cm³/mol. The summed E-state index contributed by atoms with van der Waals surface area (Å²) in [5, 5.41) is 2.34. The van der Waals surface area contributed by atoms with Crippen molar-refractivity contribution in [1.29, 1.82) is 0 Å². The minimum Gasteiger partial charge on any atom is -0.378 e. The molecule has 2 aromatic heterocycles. The summed E-state index contributed by atoms with van der Waals surface area (Å²) in [6, 6.07) is 16.6. The molecule has 0 aliphatic carbocycles. The third-order valence-corrected chi connectivity index (χ3v) is 5.92. The Morgan fingerprint density at radius 2 is 1.90 bits per heavy atom. The number of morpholine rings is 1. The minimum absolute atomic E-state index is 0.0808. The van der Waals surface area contributed by atoms with Gasteiger partial charge < -0.3 is 19.2 Å². The first-order valence-electron chi connectivity index (χ1n) is 10.8. The number of aryl methyl sites for hydroxylation is 2. The van der Waals surface area contributed by atoms with Crippen LogP contribution in [-0.4, -0.2) is 51.6 Å². The van der Waals surface area contributed by atoms with Crippen molar-refractivity contribution in [3.8, 4) is 11.3 Å². The zero-order valence-corrected chi connectivity index (χ0v) is 17.5. The molecule has 0 spiro atoms. The number of rotatable bonds is 6. The number of hydrogen-bond acceptors (Lipinski definition) is 3. The van der Waals surface area contributed by atoms with E-state index in [4.69, 9.17) is 4.74 Å². The molecule has 1 amide bonds. The number of H-pyrrole nitrogens is 1. The van der Waals surface area contributed by atoms with Crippen molar-refractivity contribution in [2.75, 3.05) is 26.3 Å². The molecule has 6 nitrogen and oxygen atoms in total. The van der Waals surface area contributed by atoms with Crippen LogP contribution in [0, 0.1) is 0 Å². The molecule has 0 saturated carbocycles. The molecule has 1 aliphatic heterocycles. The molecule has 2 aromatic carbocycles. The van der Waals surface area contributed by atoms with Crippen LogP contribution in [0.1, 0.15) is 22.5 Å². The molecule has 1 saturated heterocycles. The van der Waals surface area contributed by atoms with Crippen molar-refractivity contribution in [2.45, 2.75) is 19.4 Å². The van der Waals surface area contributed by atoms with E-state index in [1.807, 2.05) is 17.2 Å². The molecule has 0 unspecified atom stereocenters. The van der Waals surface area contributed by atoms with Crippen LogP contribution >= 0.6 is 0 Å². The molecule has 0 atom stereocenters. The molecule has 1 N–H and O–H groups in total. The fourth-order valence-corrected chi connectivity index (χ4v) is 4.36. The first-order chi connectivity index (χ1) is 15.3. The highest BCUT2D eigenvalue weighted by Crippen LogP contribution is 2.33. The molecule has 1 aliphatic rings. The van der Waals surface area contributed by atoms with Gasteiger partial charge >= 0.3 is 0 Å². The predicted octanol–water partition coefficient (Wildman–Crippen LogP) is 4.14.